The molecular weight excluding hydrogens is 208 g/mol. The molecule has 1 nitrogen and oxygen atoms in total. The molecule has 0 radical (unpaired) electrons. The van der Waals surface area contributed by atoms with Crippen LogP contribution in [0.4, 0.5) is 0 Å². The fourth-order valence-corrected chi connectivity index (χ4v) is 2.75. The smallest absolute Gasteiger partial charge is 0.0911 e. The topological polar surface area (TPSA) is 20.2 Å². The molecule has 90 valence electrons. The van der Waals surface area contributed by atoms with Crippen molar-refractivity contribution >= 4 is 5.57 Å². The lowest BCUT2D eigenvalue weighted by atomic mass is 9.78. The third-order valence-electron chi connectivity index (χ3n) is 3.55. The van der Waals surface area contributed by atoms with Gasteiger partial charge in [-0.15, -0.1) is 0 Å². The van der Waals surface area contributed by atoms with E-state index in [1.807, 2.05) is 13.0 Å². The number of rotatable bonds is 1. The van der Waals surface area contributed by atoms with Gasteiger partial charge in [0.25, 0.3) is 0 Å². The molecule has 1 atom stereocenters. The lowest BCUT2D eigenvalue weighted by molar-refractivity contribution is 0.124. The van der Waals surface area contributed by atoms with Gasteiger partial charge in [0.2, 0.25) is 0 Å². The molecule has 1 N–H and O–H groups in total. The van der Waals surface area contributed by atoms with E-state index < -0.39 is 5.60 Å². The highest BCUT2D eigenvalue weighted by atomic mass is 16.3. The molecule has 1 aliphatic rings. The number of aliphatic hydroxyl groups is 1. The van der Waals surface area contributed by atoms with Crippen LogP contribution < -0.4 is 0 Å². The summed E-state index contributed by atoms with van der Waals surface area (Å²) in [5, 5.41) is 10.6. The van der Waals surface area contributed by atoms with Gasteiger partial charge in [-0.25, -0.2) is 0 Å². The van der Waals surface area contributed by atoms with Crippen LogP contribution in [-0.4, -0.2) is 10.7 Å². The fourth-order valence-electron chi connectivity index (χ4n) is 2.75. The Morgan fingerprint density at radius 3 is 2.24 bits per heavy atom. The zero-order valence-corrected chi connectivity index (χ0v) is 11.0. The third kappa shape index (κ3) is 2.07. The van der Waals surface area contributed by atoms with E-state index in [0.29, 0.717) is 6.42 Å². The van der Waals surface area contributed by atoms with Crippen molar-refractivity contribution in [3.05, 3.63) is 52.6 Å². The maximum Gasteiger partial charge on any atom is 0.0911 e. The van der Waals surface area contributed by atoms with Crippen LogP contribution >= 0.6 is 0 Å². The highest BCUT2D eigenvalue weighted by Gasteiger charge is 2.30. The quantitative estimate of drug-likeness (QED) is 0.775. The van der Waals surface area contributed by atoms with Crippen molar-refractivity contribution in [1.29, 1.82) is 0 Å². The summed E-state index contributed by atoms with van der Waals surface area (Å²) in [6, 6.07) is 6.28. The van der Waals surface area contributed by atoms with Crippen LogP contribution in [-0.2, 0) is 0 Å². The first kappa shape index (κ1) is 12.1. The van der Waals surface area contributed by atoms with Gasteiger partial charge in [0.05, 0.1) is 5.60 Å². The van der Waals surface area contributed by atoms with E-state index in [1.165, 1.54) is 22.3 Å². The average Bonchev–Trinajstić information content (AvgIpc) is 2.21. The molecule has 0 saturated carbocycles. The minimum atomic E-state index is -0.754. The standard InChI is InChI=1S/C16H20O/c1-11-7-5-8-12(2)14(11)15-13(3)9-6-10-16(15,4)17/h5-9,17H,10H2,1-4H3. The summed E-state index contributed by atoms with van der Waals surface area (Å²) in [5.74, 6) is 0. The lowest BCUT2D eigenvalue weighted by Gasteiger charge is -2.32. The molecule has 1 aromatic carbocycles. The van der Waals surface area contributed by atoms with Crippen LogP contribution in [0.5, 0.6) is 0 Å². The molecule has 2 rings (SSSR count). The summed E-state index contributed by atoms with van der Waals surface area (Å²) in [5.41, 5.74) is 5.16. The molecule has 17 heavy (non-hydrogen) atoms. The maximum absolute atomic E-state index is 10.6. The molecule has 0 aromatic heterocycles. The van der Waals surface area contributed by atoms with E-state index in [2.05, 4.69) is 45.0 Å². The van der Waals surface area contributed by atoms with Crippen LogP contribution in [0.1, 0.15) is 37.0 Å². The monoisotopic (exact) mass is 228 g/mol. The summed E-state index contributed by atoms with van der Waals surface area (Å²) >= 11 is 0. The average molecular weight is 228 g/mol. The van der Waals surface area contributed by atoms with Crippen molar-refractivity contribution in [3.8, 4) is 0 Å². The molecule has 0 amide bonds. The van der Waals surface area contributed by atoms with E-state index in [1.54, 1.807) is 0 Å². The molecule has 0 aliphatic heterocycles. The Morgan fingerprint density at radius 1 is 1.12 bits per heavy atom. The number of hydrogen-bond donors (Lipinski definition) is 1. The molecule has 1 aliphatic carbocycles. The Hall–Kier alpha value is -1.34. The largest absolute Gasteiger partial charge is 0.385 e. The fraction of sp³-hybridized carbons (Fsp3) is 0.375. The molecule has 1 unspecified atom stereocenters. The Balaban J connectivity index is 2.70. The molecule has 1 aromatic rings. The van der Waals surface area contributed by atoms with Crippen molar-refractivity contribution in [2.24, 2.45) is 0 Å². The Labute approximate surface area is 103 Å². The maximum atomic E-state index is 10.6. The predicted molar refractivity (Wildman–Crippen MR) is 72.9 cm³/mol. The van der Waals surface area contributed by atoms with Gasteiger partial charge in [0, 0.05) is 0 Å². The van der Waals surface area contributed by atoms with Gasteiger partial charge in [-0.3, -0.25) is 0 Å². The Kier molecular flexibility index (Phi) is 2.96. The van der Waals surface area contributed by atoms with Crippen LogP contribution in [0.25, 0.3) is 5.57 Å². The Bertz CT molecular complexity index is 484. The molecule has 0 bridgehead atoms. The second kappa shape index (κ2) is 4.15. The van der Waals surface area contributed by atoms with Crippen LogP contribution in [0, 0.1) is 13.8 Å². The first-order chi connectivity index (χ1) is 7.93. The van der Waals surface area contributed by atoms with Crippen molar-refractivity contribution in [3.63, 3.8) is 0 Å². The molecule has 1 heteroatoms. The minimum absolute atomic E-state index is 0.688. The van der Waals surface area contributed by atoms with Gasteiger partial charge in [-0.1, -0.05) is 30.4 Å². The number of benzene rings is 1. The SMILES string of the molecule is CC1=C(c2c(C)cccc2C)C(C)(O)CC=C1. The number of aryl methyl sites for hydroxylation is 2. The lowest BCUT2D eigenvalue weighted by Crippen LogP contribution is -2.28. The van der Waals surface area contributed by atoms with Crippen molar-refractivity contribution in [2.45, 2.75) is 39.7 Å². The highest BCUT2D eigenvalue weighted by molar-refractivity contribution is 5.80. The highest BCUT2D eigenvalue weighted by Crippen LogP contribution is 2.39. The summed E-state index contributed by atoms with van der Waals surface area (Å²) in [7, 11) is 0. The van der Waals surface area contributed by atoms with E-state index in [9.17, 15) is 5.11 Å². The molecule has 0 saturated heterocycles. The normalized spacial score (nSPS) is 24.3. The minimum Gasteiger partial charge on any atom is -0.385 e. The van der Waals surface area contributed by atoms with Crippen molar-refractivity contribution in [1.82, 2.24) is 0 Å². The summed E-state index contributed by atoms with van der Waals surface area (Å²) in [4.78, 5) is 0. The molecule has 0 spiro atoms. The van der Waals surface area contributed by atoms with Crippen LogP contribution in [0.2, 0.25) is 0 Å². The van der Waals surface area contributed by atoms with E-state index in [4.69, 9.17) is 0 Å². The first-order valence-electron chi connectivity index (χ1n) is 6.10. The summed E-state index contributed by atoms with van der Waals surface area (Å²) in [6.07, 6.45) is 4.85. The third-order valence-corrected chi connectivity index (χ3v) is 3.55. The van der Waals surface area contributed by atoms with E-state index >= 15 is 0 Å². The van der Waals surface area contributed by atoms with Gasteiger partial charge >= 0.3 is 0 Å². The Morgan fingerprint density at radius 2 is 1.71 bits per heavy atom. The van der Waals surface area contributed by atoms with E-state index in [0.717, 1.165) is 5.57 Å². The molecule has 0 fully saturated rings. The van der Waals surface area contributed by atoms with Gasteiger partial charge in [-0.2, -0.15) is 0 Å². The zero-order chi connectivity index (χ0) is 12.6. The van der Waals surface area contributed by atoms with Gasteiger partial charge in [0.1, 0.15) is 0 Å². The second-order valence-corrected chi connectivity index (χ2v) is 5.21. The predicted octanol–water partition coefficient (Wildman–Crippen LogP) is 3.79. The van der Waals surface area contributed by atoms with Crippen LogP contribution in [0.3, 0.4) is 0 Å². The van der Waals surface area contributed by atoms with E-state index in [-0.39, 0.29) is 0 Å². The number of hydrogen-bond acceptors (Lipinski definition) is 1. The first-order valence-corrected chi connectivity index (χ1v) is 6.10. The summed E-state index contributed by atoms with van der Waals surface area (Å²) < 4.78 is 0. The van der Waals surface area contributed by atoms with Gasteiger partial charge in [-0.05, 0) is 62.0 Å². The summed E-state index contributed by atoms with van der Waals surface area (Å²) in [6.45, 7) is 8.20. The van der Waals surface area contributed by atoms with Crippen LogP contribution in [0.15, 0.2) is 35.9 Å². The zero-order valence-electron chi connectivity index (χ0n) is 11.0. The van der Waals surface area contributed by atoms with Crippen molar-refractivity contribution < 1.29 is 5.11 Å². The van der Waals surface area contributed by atoms with Gasteiger partial charge < -0.3 is 5.11 Å². The second-order valence-electron chi connectivity index (χ2n) is 5.21. The van der Waals surface area contributed by atoms with Crippen molar-refractivity contribution in [2.75, 3.05) is 0 Å². The molecular formula is C16H20O. The van der Waals surface area contributed by atoms with Gasteiger partial charge in [0.15, 0.2) is 0 Å². The number of allylic oxidation sites excluding steroid dienone is 2. The molecule has 0 heterocycles.